The zero-order valence-electron chi connectivity index (χ0n) is 11.2. The van der Waals surface area contributed by atoms with E-state index in [1.165, 1.54) is 0 Å². The largest absolute Gasteiger partial charge is 0.396 e. The van der Waals surface area contributed by atoms with E-state index < -0.39 is 0 Å². The monoisotopic (exact) mass is 251 g/mol. The number of hydrogen-bond donors (Lipinski definition) is 2. The topological polar surface area (TPSA) is 58.6 Å². The summed E-state index contributed by atoms with van der Waals surface area (Å²) in [7, 11) is 1.58. The predicted octanol–water partition coefficient (Wildman–Crippen LogP) is 1.43. The second kappa shape index (κ2) is 7.13. The van der Waals surface area contributed by atoms with Crippen LogP contribution < -0.4 is 5.32 Å². The highest BCUT2D eigenvalue weighted by atomic mass is 16.5. The van der Waals surface area contributed by atoms with Gasteiger partial charge in [-0.3, -0.25) is 4.79 Å². The van der Waals surface area contributed by atoms with Crippen molar-refractivity contribution in [3.05, 3.63) is 34.9 Å². The van der Waals surface area contributed by atoms with Crippen molar-refractivity contribution in [3.8, 4) is 0 Å². The first kappa shape index (κ1) is 14.7. The van der Waals surface area contributed by atoms with E-state index in [0.717, 1.165) is 11.1 Å². The lowest BCUT2D eigenvalue weighted by Crippen LogP contribution is -2.38. The van der Waals surface area contributed by atoms with Crippen LogP contribution in [0.15, 0.2) is 18.2 Å². The average molecular weight is 251 g/mol. The summed E-state index contributed by atoms with van der Waals surface area (Å²) in [6, 6.07) is 5.57. The molecular weight excluding hydrogens is 230 g/mol. The Balaban J connectivity index is 2.73. The molecule has 1 aromatic carbocycles. The summed E-state index contributed by atoms with van der Waals surface area (Å²) < 4.78 is 5.01. The third-order valence-electron chi connectivity index (χ3n) is 2.66. The van der Waals surface area contributed by atoms with E-state index in [4.69, 9.17) is 9.84 Å². The number of amides is 1. The quantitative estimate of drug-likeness (QED) is 0.804. The van der Waals surface area contributed by atoms with Gasteiger partial charge in [-0.25, -0.2) is 0 Å². The molecule has 1 amide bonds. The van der Waals surface area contributed by atoms with Crippen LogP contribution in [0.5, 0.6) is 0 Å². The van der Waals surface area contributed by atoms with Gasteiger partial charge in [0.15, 0.2) is 0 Å². The molecule has 4 heteroatoms. The van der Waals surface area contributed by atoms with Crippen LogP contribution in [0.1, 0.15) is 27.9 Å². The number of nitrogens with one attached hydrogen (secondary N) is 1. The second-order valence-electron chi connectivity index (χ2n) is 4.51. The SMILES string of the molecule is COCC(CCO)NC(=O)c1cc(C)cc(C)c1. The summed E-state index contributed by atoms with van der Waals surface area (Å²) >= 11 is 0. The number of aliphatic hydroxyl groups is 1. The number of benzene rings is 1. The lowest BCUT2D eigenvalue weighted by Gasteiger charge is -2.17. The molecule has 1 unspecified atom stereocenters. The molecule has 0 spiro atoms. The van der Waals surface area contributed by atoms with Gasteiger partial charge in [0.1, 0.15) is 0 Å². The normalized spacial score (nSPS) is 12.2. The maximum absolute atomic E-state index is 12.1. The van der Waals surface area contributed by atoms with Gasteiger partial charge < -0.3 is 15.2 Å². The number of hydrogen-bond acceptors (Lipinski definition) is 3. The molecule has 100 valence electrons. The Bertz CT molecular complexity index is 378. The van der Waals surface area contributed by atoms with Crippen molar-refractivity contribution >= 4 is 5.91 Å². The Labute approximate surface area is 108 Å². The first-order valence-corrected chi connectivity index (χ1v) is 6.05. The van der Waals surface area contributed by atoms with E-state index in [2.05, 4.69) is 5.32 Å². The van der Waals surface area contributed by atoms with Crippen LogP contribution in [0, 0.1) is 13.8 Å². The van der Waals surface area contributed by atoms with Crippen LogP contribution in [0.25, 0.3) is 0 Å². The Morgan fingerprint density at radius 3 is 2.44 bits per heavy atom. The van der Waals surface area contributed by atoms with Gasteiger partial charge in [-0.1, -0.05) is 17.2 Å². The summed E-state index contributed by atoms with van der Waals surface area (Å²) in [6.45, 7) is 4.35. The van der Waals surface area contributed by atoms with E-state index in [1.54, 1.807) is 7.11 Å². The van der Waals surface area contributed by atoms with Gasteiger partial charge in [-0.15, -0.1) is 0 Å². The second-order valence-corrected chi connectivity index (χ2v) is 4.51. The van der Waals surface area contributed by atoms with Gasteiger partial charge in [0.05, 0.1) is 12.6 Å². The molecule has 4 nitrogen and oxygen atoms in total. The number of rotatable bonds is 6. The maximum atomic E-state index is 12.1. The van der Waals surface area contributed by atoms with Crippen molar-refractivity contribution in [3.63, 3.8) is 0 Å². The Morgan fingerprint density at radius 1 is 1.33 bits per heavy atom. The number of carbonyl (C=O) groups is 1. The fourth-order valence-electron chi connectivity index (χ4n) is 1.93. The lowest BCUT2D eigenvalue weighted by atomic mass is 10.1. The molecule has 0 aliphatic heterocycles. The number of aliphatic hydroxyl groups excluding tert-OH is 1. The minimum atomic E-state index is -0.159. The molecule has 1 rings (SSSR count). The maximum Gasteiger partial charge on any atom is 0.251 e. The first-order valence-electron chi connectivity index (χ1n) is 6.05. The fraction of sp³-hybridized carbons (Fsp3) is 0.500. The molecule has 0 bridgehead atoms. The molecule has 0 heterocycles. The number of methoxy groups -OCH3 is 1. The molecule has 1 atom stereocenters. The standard InChI is InChI=1S/C14H21NO3/c1-10-6-11(2)8-12(7-10)14(17)15-13(4-5-16)9-18-3/h6-8,13,16H,4-5,9H2,1-3H3,(H,15,17). The molecule has 0 saturated heterocycles. The zero-order chi connectivity index (χ0) is 13.5. The van der Waals surface area contributed by atoms with Crippen LogP contribution >= 0.6 is 0 Å². The van der Waals surface area contributed by atoms with Gasteiger partial charge in [-0.05, 0) is 32.4 Å². The third-order valence-corrected chi connectivity index (χ3v) is 2.66. The zero-order valence-corrected chi connectivity index (χ0v) is 11.2. The molecular formula is C14H21NO3. The minimum absolute atomic E-state index is 0.0289. The van der Waals surface area contributed by atoms with Crippen LogP contribution in [0.4, 0.5) is 0 Å². The number of ether oxygens (including phenoxy) is 1. The molecule has 0 aliphatic carbocycles. The molecule has 2 N–H and O–H groups in total. The van der Waals surface area contributed by atoms with Gasteiger partial charge in [-0.2, -0.15) is 0 Å². The van der Waals surface area contributed by atoms with Gasteiger partial charge in [0, 0.05) is 19.3 Å². The Morgan fingerprint density at radius 2 is 1.94 bits per heavy atom. The van der Waals surface area contributed by atoms with Crippen molar-refractivity contribution in [1.82, 2.24) is 5.32 Å². The summed E-state index contributed by atoms with van der Waals surface area (Å²) in [5.41, 5.74) is 2.77. The van der Waals surface area contributed by atoms with Crippen LogP contribution in [0.3, 0.4) is 0 Å². The Kier molecular flexibility index (Phi) is 5.82. The molecule has 0 aliphatic rings. The van der Waals surface area contributed by atoms with Crippen molar-refractivity contribution in [1.29, 1.82) is 0 Å². The summed E-state index contributed by atoms with van der Waals surface area (Å²) in [6.07, 6.45) is 0.490. The summed E-state index contributed by atoms with van der Waals surface area (Å²) in [4.78, 5) is 12.1. The van der Waals surface area contributed by atoms with E-state index in [-0.39, 0.29) is 18.6 Å². The molecule has 0 radical (unpaired) electrons. The van der Waals surface area contributed by atoms with Crippen molar-refractivity contribution in [2.45, 2.75) is 26.3 Å². The van der Waals surface area contributed by atoms with Gasteiger partial charge in [0.2, 0.25) is 0 Å². The van der Waals surface area contributed by atoms with E-state index in [1.807, 2.05) is 32.0 Å². The minimum Gasteiger partial charge on any atom is -0.396 e. The van der Waals surface area contributed by atoms with Gasteiger partial charge >= 0.3 is 0 Å². The predicted molar refractivity (Wildman–Crippen MR) is 70.7 cm³/mol. The molecule has 1 aromatic rings. The van der Waals surface area contributed by atoms with E-state index in [0.29, 0.717) is 18.6 Å². The van der Waals surface area contributed by atoms with Crippen LogP contribution in [-0.4, -0.2) is 37.4 Å². The lowest BCUT2D eigenvalue weighted by molar-refractivity contribution is 0.0878. The highest BCUT2D eigenvalue weighted by Gasteiger charge is 2.13. The van der Waals surface area contributed by atoms with Crippen molar-refractivity contribution in [2.75, 3.05) is 20.3 Å². The number of carbonyl (C=O) groups excluding carboxylic acids is 1. The van der Waals surface area contributed by atoms with Crippen LogP contribution in [-0.2, 0) is 4.74 Å². The van der Waals surface area contributed by atoms with E-state index >= 15 is 0 Å². The smallest absolute Gasteiger partial charge is 0.251 e. The molecule has 0 saturated carbocycles. The van der Waals surface area contributed by atoms with Crippen molar-refractivity contribution < 1.29 is 14.6 Å². The van der Waals surface area contributed by atoms with Crippen molar-refractivity contribution in [2.24, 2.45) is 0 Å². The first-order chi connectivity index (χ1) is 8.56. The van der Waals surface area contributed by atoms with E-state index in [9.17, 15) is 4.79 Å². The summed E-state index contributed by atoms with van der Waals surface area (Å²) in [5.74, 6) is -0.127. The van der Waals surface area contributed by atoms with Crippen LogP contribution in [0.2, 0.25) is 0 Å². The Hall–Kier alpha value is -1.39. The highest BCUT2D eigenvalue weighted by molar-refractivity contribution is 5.94. The molecule has 0 fully saturated rings. The number of aryl methyl sites for hydroxylation is 2. The fourth-order valence-corrected chi connectivity index (χ4v) is 1.93. The van der Waals surface area contributed by atoms with Gasteiger partial charge in [0.25, 0.3) is 5.91 Å². The molecule has 0 aromatic heterocycles. The highest BCUT2D eigenvalue weighted by Crippen LogP contribution is 2.09. The third kappa shape index (κ3) is 4.47. The average Bonchev–Trinajstić information content (AvgIpc) is 2.28. The summed E-state index contributed by atoms with van der Waals surface area (Å²) in [5, 5.41) is 11.8. The molecule has 18 heavy (non-hydrogen) atoms.